The number of rotatable bonds is 4. The highest BCUT2D eigenvalue weighted by Crippen LogP contribution is 2.40. The molecule has 2 aromatic rings. The molecule has 0 aromatic carbocycles. The number of ether oxygens (including phenoxy) is 2. The highest BCUT2D eigenvalue weighted by molar-refractivity contribution is 5.82. The van der Waals surface area contributed by atoms with E-state index in [-0.39, 0.29) is 28.4 Å². The standard InChI is InChI=1S/C16H19FN4O3/c1-23-14-12-11(3-5-18-14)19-15(20-13(12)22)24-9-16-4-2-6-21(16)8-10(17)7-16/h3,5,10H,2,4,6-9H2,1H3,(H,19,20,22)/t10-,16+/m1/s1. The molecule has 7 nitrogen and oxygen atoms in total. The second kappa shape index (κ2) is 5.70. The molecule has 4 heterocycles. The number of alkyl halides is 1. The van der Waals surface area contributed by atoms with Gasteiger partial charge in [0.25, 0.3) is 11.6 Å². The fourth-order valence-electron chi connectivity index (χ4n) is 3.91. The lowest BCUT2D eigenvalue weighted by Crippen LogP contribution is -2.43. The number of fused-ring (bicyclic) bond motifs is 2. The maximum absolute atomic E-state index is 13.8. The topological polar surface area (TPSA) is 80.3 Å². The Morgan fingerprint density at radius 3 is 3.25 bits per heavy atom. The van der Waals surface area contributed by atoms with Gasteiger partial charge in [-0.15, -0.1) is 0 Å². The molecule has 0 bridgehead atoms. The zero-order valence-electron chi connectivity index (χ0n) is 13.4. The largest absolute Gasteiger partial charge is 0.480 e. The molecule has 1 N–H and O–H groups in total. The van der Waals surface area contributed by atoms with Crippen LogP contribution in [0.4, 0.5) is 4.39 Å². The number of hydrogen-bond donors (Lipinski definition) is 1. The van der Waals surface area contributed by atoms with Gasteiger partial charge in [0.05, 0.1) is 18.2 Å². The van der Waals surface area contributed by atoms with E-state index in [0.29, 0.717) is 25.1 Å². The van der Waals surface area contributed by atoms with Gasteiger partial charge in [-0.25, -0.2) is 9.37 Å². The molecule has 2 aromatic heterocycles. The van der Waals surface area contributed by atoms with Gasteiger partial charge in [0.15, 0.2) is 0 Å². The van der Waals surface area contributed by atoms with Crippen molar-refractivity contribution in [3.63, 3.8) is 0 Å². The van der Waals surface area contributed by atoms with Crippen molar-refractivity contribution >= 4 is 10.9 Å². The normalized spacial score (nSPS) is 26.7. The fraction of sp³-hybridized carbons (Fsp3) is 0.562. The lowest BCUT2D eigenvalue weighted by Gasteiger charge is -2.30. The second-order valence-corrected chi connectivity index (χ2v) is 6.45. The van der Waals surface area contributed by atoms with Crippen molar-refractivity contribution in [2.45, 2.75) is 31.0 Å². The number of nitrogens with one attached hydrogen (secondary N) is 1. The number of aromatic nitrogens is 3. The van der Waals surface area contributed by atoms with Crippen molar-refractivity contribution in [3.8, 4) is 11.9 Å². The molecule has 0 aliphatic carbocycles. The first-order valence-electron chi connectivity index (χ1n) is 8.06. The number of methoxy groups -OCH3 is 1. The number of pyridine rings is 1. The van der Waals surface area contributed by atoms with Gasteiger partial charge in [-0.3, -0.25) is 14.7 Å². The minimum absolute atomic E-state index is 0.143. The maximum Gasteiger partial charge on any atom is 0.297 e. The average molecular weight is 334 g/mol. The van der Waals surface area contributed by atoms with Crippen molar-refractivity contribution in [2.75, 3.05) is 26.8 Å². The minimum atomic E-state index is -0.812. The highest BCUT2D eigenvalue weighted by Gasteiger charge is 2.49. The summed E-state index contributed by atoms with van der Waals surface area (Å²) in [5.41, 5.74) is -0.185. The van der Waals surface area contributed by atoms with Crippen LogP contribution in [0.15, 0.2) is 17.1 Å². The number of nitrogens with zero attached hydrogens (tertiary/aromatic N) is 3. The van der Waals surface area contributed by atoms with Crippen LogP contribution in [0, 0.1) is 0 Å². The zero-order chi connectivity index (χ0) is 16.7. The first-order chi connectivity index (χ1) is 11.6. The molecule has 0 radical (unpaired) electrons. The van der Waals surface area contributed by atoms with E-state index >= 15 is 0 Å². The van der Waals surface area contributed by atoms with E-state index in [1.807, 2.05) is 0 Å². The maximum atomic E-state index is 13.8. The molecule has 8 heteroatoms. The van der Waals surface area contributed by atoms with Crippen molar-refractivity contribution in [1.29, 1.82) is 0 Å². The lowest BCUT2D eigenvalue weighted by atomic mass is 9.95. The lowest BCUT2D eigenvalue weighted by molar-refractivity contribution is 0.107. The van der Waals surface area contributed by atoms with Crippen LogP contribution in [0.5, 0.6) is 11.9 Å². The van der Waals surface area contributed by atoms with Crippen molar-refractivity contribution < 1.29 is 13.9 Å². The summed E-state index contributed by atoms with van der Waals surface area (Å²) in [6, 6.07) is 1.78. The first-order valence-corrected chi connectivity index (χ1v) is 8.06. The molecule has 0 saturated carbocycles. The molecule has 4 rings (SSSR count). The van der Waals surface area contributed by atoms with E-state index in [1.165, 1.54) is 13.3 Å². The molecular weight excluding hydrogens is 315 g/mol. The van der Waals surface area contributed by atoms with Crippen molar-refractivity contribution in [2.24, 2.45) is 0 Å². The molecule has 2 aliphatic rings. The van der Waals surface area contributed by atoms with Gasteiger partial charge >= 0.3 is 0 Å². The van der Waals surface area contributed by atoms with E-state index in [4.69, 9.17) is 9.47 Å². The predicted octanol–water partition coefficient (Wildman–Crippen LogP) is 1.28. The SMILES string of the molecule is COc1nccc2nc(OC[C@@]34CCCN3C[C@H](F)C4)[nH]c(=O)c12. The molecule has 128 valence electrons. The van der Waals surface area contributed by atoms with E-state index in [0.717, 1.165) is 19.4 Å². The van der Waals surface area contributed by atoms with Gasteiger partial charge < -0.3 is 9.47 Å². The van der Waals surface area contributed by atoms with Crippen LogP contribution in [-0.4, -0.2) is 58.4 Å². The van der Waals surface area contributed by atoms with E-state index in [9.17, 15) is 9.18 Å². The Balaban J connectivity index is 1.61. The average Bonchev–Trinajstić information content (AvgIpc) is 3.08. The van der Waals surface area contributed by atoms with Gasteiger partial charge in [-0.2, -0.15) is 4.98 Å². The number of aromatic amines is 1. The van der Waals surface area contributed by atoms with Crippen molar-refractivity contribution in [1.82, 2.24) is 19.9 Å². The monoisotopic (exact) mass is 334 g/mol. The van der Waals surface area contributed by atoms with E-state index < -0.39 is 6.17 Å². The van der Waals surface area contributed by atoms with E-state index in [1.54, 1.807) is 6.07 Å². The third-order valence-corrected chi connectivity index (χ3v) is 5.00. The summed E-state index contributed by atoms with van der Waals surface area (Å²) in [4.78, 5) is 25.4. The summed E-state index contributed by atoms with van der Waals surface area (Å²) >= 11 is 0. The number of H-pyrrole nitrogens is 1. The molecule has 24 heavy (non-hydrogen) atoms. The Morgan fingerprint density at radius 1 is 1.54 bits per heavy atom. The first kappa shape index (κ1) is 15.3. The van der Waals surface area contributed by atoms with Crippen LogP contribution in [0.2, 0.25) is 0 Å². The smallest absolute Gasteiger partial charge is 0.297 e. The van der Waals surface area contributed by atoms with Gasteiger partial charge in [0.2, 0.25) is 5.88 Å². The second-order valence-electron chi connectivity index (χ2n) is 6.45. The Labute approximate surface area is 137 Å². The highest BCUT2D eigenvalue weighted by atomic mass is 19.1. The molecule has 0 spiro atoms. The number of halogens is 1. The third-order valence-electron chi connectivity index (χ3n) is 5.00. The van der Waals surface area contributed by atoms with Crippen LogP contribution in [0.25, 0.3) is 10.9 Å². The minimum Gasteiger partial charge on any atom is -0.480 e. The van der Waals surface area contributed by atoms with Crippen molar-refractivity contribution in [3.05, 3.63) is 22.6 Å². The summed E-state index contributed by atoms with van der Waals surface area (Å²) < 4.78 is 24.6. The Hall–Kier alpha value is -2.22. The predicted molar refractivity (Wildman–Crippen MR) is 85.3 cm³/mol. The number of hydrogen-bond acceptors (Lipinski definition) is 6. The molecule has 2 aliphatic heterocycles. The summed E-state index contributed by atoms with van der Waals surface area (Å²) in [5.74, 6) is 0.226. The van der Waals surface area contributed by atoms with Crippen LogP contribution in [0.3, 0.4) is 0 Å². The summed E-state index contributed by atoms with van der Waals surface area (Å²) in [5, 5.41) is 0.290. The fourth-order valence-corrected chi connectivity index (χ4v) is 3.91. The van der Waals surface area contributed by atoms with Gasteiger partial charge in [0.1, 0.15) is 18.2 Å². The van der Waals surface area contributed by atoms with Crippen LogP contribution in [0.1, 0.15) is 19.3 Å². The summed E-state index contributed by atoms with van der Waals surface area (Å²) in [6.45, 7) is 1.69. The molecule has 2 fully saturated rings. The Bertz CT molecular complexity index is 827. The molecular formula is C16H19FN4O3. The van der Waals surface area contributed by atoms with Gasteiger partial charge in [0, 0.05) is 19.2 Å². The van der Waals surface area contributed by atoms with Gasteiger partial charge in [-0.1, -0.05) is 0 Å². The Morgan fingerprint density at radius 2 is 2.42 bits per heavy atom. The quantitative estimate of drug-likeness (QED) is 0.907. The van der Waals surface area contributed by atoms with Crippen LogP contribution < -0.4 is 15.0 Å². The summed E-state index contributed by atoms with van der Waals surface area (Å²) in [7, 11) is 1.45. The van der Waals surface area contributed by atoms with Crippen LogP contribution >= 0.6 is 0 Å². The summed E-state index contributed by atoms with van der Waals surface area (Å²) in [6.07, 6.45) is 3.14. The zero-order valence-corrected chi connectivity index (χ0v) is 13.4. The third kappa shape index (κ3) is 2.41. The molecule has 2 saturated heterocycles. The molecule has 2 atom stereocenters. The van der Waals surface area contributed by atoms with Gasteiger partial charge in [-0.05, 0) is 25.5 Å². The molecule has 0 amide bonds. The van der Waals surface area contributed by atoms with Crippen LogP contribution in [-0.2, 0) is 0 Å². The molecule has 0 unspecified atom stereocenters. The van der Waals surface area contributed by atoms with E-state index in [2.05, 4.69) is 19.9 Å². The Kier molecular flexibility index (Phi) is 3.64.